The number of hydrogen-bond donors (Lipinski definition) is 1. The molecule has 1 aliphatic heterocycles. The molecule has 2 amide bonds. The summed E-state index contributed by atoms with van der Waals surface area (Å²) in [4.78, 5) is 28.6. The van der Waals surface area contributed by atoms with E-state index in [0.29, 0.717) is 30.8 Å². The average molecular weight is 427 g/mol. The van der Waals surface area contributed by atoms with Gasteiger partial charge in [-0.05, 0) is 63.8 Å². The smallest absolute Gasteiger partial charge is 0.408 e. The predicted molar refractivity (Wildman–Crippen MR) is 111 cm³/mol. The Bertz CT molecular complexity index is 753. The fourth-order valence-electron chi connectivity index (χ4n) is 3.76. The molecular formula is C21H31FN2O4S. The molecule has 2 rings (SSSR count). The third-order valence-corrected chi connectivity index (χ3v) is 7.01. The number of amides is 2. The minimum atomic E-state index is -1.27. The summed E-state index contributed by atoms with van der Waals surface area (Å²) in [5.41, 5.74) is -0.709. The van der Waals surface area contributed by atoms with Gasteiger partial charge in [0.1, 0.15) is 11.9 Å². The molecule has 1 heterocycles. The number of piperidine rings is 1. The van der Waals surface area contributed by atoms with Gasteiger partial charge in [0, 0.05) is 28.8 Å². The fourth-order valence-corrected chi connectivity index (χ4v) is 5.18. The number of benzene rings is 1. The van der Waals surface area contributed by atoms with E-state index in [1.807, 2.05) is 13.8 Å². The molecule has 6 nitrogen and oxygen atoms in total. The predicted octanol–water partition coefficient (Wildman–Crippen LogP) is 3.73. The van der Waals surface area contributed by atoms with Crippen LogP contribution in [0.15, 0.2) is 29.2 Å². The minimum Gasteiger partial charge on any atom is -0.465 e. The highest BCUT2D eigenvalue weighted by Crippen LogP contribution is 2.27. The Morgan fingerprint density at radius 1 is 1.17 bits per heavy atom. The monoisotopic (exact) mass is 426 g/mol. The molecule has 0 saturated carbocycles. The highest BCUT2D eigenvalue weighted by Gasteiger charge is 2.42. The van der Waals surface area contributed by atoms with Crippen molar-refractivity contribution in [1.29, 1.82) is 0 Å². The number of carboxylic acid groups (broad SMARTS) is 1. The molecule has 1 aromatic carbocycles. The van der Waals surface area contributed by atoms with Crippen LogP contribution in [0.1, 0.15) is 47.5 Å². The standard InChI is InChI=1S/C21H31FN2O4S/c1-14(2)18(24(20(26)27)21(3,4)5)19(25)23-12-10-17(11-13-23)29(28)16-8-6-15(22)7-9-16/h6-9,14,17-18H,10-13H2,1-5H3,(H,26,27)/t18-,29?/m0/s1. The first-order chi connectivity index (χ1) is 13.4. The third kappa shape index (κ3) is 5.56. The topological polar surface area (TPSA) is 77.9 Å². The van der Waals surface area contributed by atoms with E-state index in [1.54, 1.807) is 25.7 Å². The molecule has 0 spiro atoms. The Labute approximate surface area is 174 Å². The molecular weight excluding hydrogens is 395 g/mol. The lowest BCUT2D eigenvalue weighted by Gasteiger charge is -2.43. The molecule has 0 radical (unpaired) electrons. The maximum Gasteiger partial charge on any atom is 0.408 e. The molecule has 0 aromatic heterocycles. The molecule has 1 aromatic rings. The lowest BCUT2D eigenvalue weighted by molar-refractivity contribution is -0.141. The maximum atomic E-state index is 13.2. The van der Waals surface area contributed by atoms with Gasteiger partial charge in [-0.2, -0.15) is 0 Å². The van der Waals surface area contributed by atoms with Crippen molar-refractivity contribution in [2.75, 3.05) is 13.1 Å². The van der Waals surface area contributed by atoms with Crippen molar-refractivity contribution < 1.29 is 23.3 Å². The quantitative estimate of drug-likeness (QED) is 0.778. The van der Waals surface area contributed by atoms with Crippen LogP contribution in [0.5, 0.6) is 0 Å². The van der Waals surface area contributed by atoms with Gasteiger partial charge in [0.25, 0.3) is 0 Å². The molecule has 29 heavy (non-hydrogen) atoms. The van der Waals surface area contributed by atoms with Crippen molar-refractivity contribution in [3.63, 3.8) is 0 Å². The van der Waals surface area contributed by atoms with Crippen LogP contribution < -0.4 is 0 Å². The van der Waals surface area contributed by atoms with E-state index in [4.69, 9.17) is 0 Å². The van der Waals surface area contributed by atoms with Crippen molar-refractivity contribution in [3.8, 4) is 0 Å². The van der Waals surface area contributed by atoms with Gasteiger partial charge < -0.3 is 10.0 Å². The van der Waals surface area contributed by atoms with E-state index in [9.17, 15) is 23.3 Å². The van der Waals surface area contributed by atoms with Gasteiger partial charge in [-0.15, -0.1) is 0 Å². The van der Waals surface area contributed by atoms with Crippen molar-refractivity contribution in [3.05, 3.63) is 30.1 Å². The van der Waals surface area contributed by atoms with E-state index in [1.165, 1.54) is 29.2 Å². The zero-order chi connectivity index (χ0) is 21.9. The maximum absolute atomic E-state index is 13.2. The van der Waals surface area contributed by atoms with Gasteiger partial charge in [-0.3, -0.25) is 13.9 Å². The van der Waals surface area contributed by atoms with E-state index < -0.39 is 28.5 Å². The molecule has 0 bridgehead atoms. The zero-order valence-electron chi connectivity index (χ0n) is 17.7. The van der Waals surface area contributed by atoms with Gasteiger partial charge in [0.2, 0.25) is 5.91 Å². The first-order valence-corrected chi connectivity index (χ1v) is 11.1. The number of nitrogens with zero attached hydrogens (tertiary/aromatic N) is 2. The van der Waals surface area contributed by atoms with Crippen LogP contribution in [-0.2, 0) is 15.6 Å². The number of rotatable bonds is 5. The largest absolute Gasteiger partial charge is 0.465 e. The Morgan fingerprint density at radius 3 is 2.10 bits per heavy atom. The Balaban J connectivity index is 2.10. The summed E-state index contributed by atoms with van der Waals surface area (Å²) in [6, 6.07) is 4.89. The van der Waals surface area contributed by atoms with Crippen molar-refractivity contribution in [1.82, 2.24) is 9.80 Å². The van der Waals surface area contributed by atoms with Gasteiger partial charge >= 0.3 is 6.09 Å². The number of hydrogen-bond acceptors (Lipinski definition) is 3. The summed E-state index contributed by atoms with van der Waals surface area (Å²) < 4.78 is 25.8. The first kappa shape index (κ1) is 23.3. The molecule has 1 unspecified atom stereocenters. The minimum absolute atomic E-state index is 0.111. The molecule has 0 aliphatic carbocycles. The van der Waals surface area contributed by atoms with Crippen LogP contribution in [0.4, 0.5) is 9.18 Å². The molecule has 2 atom stereocenters. The molecule has 8 heteroatoms. The van der Waals surface area contributed by atoms with Crippen molar-refractivity contribution in [2.24, 2.45) is 5.92 Å². The van der Waals surface area contributed by atoms with E-state index in [2.05, 4.69) is 0 Å². The average Bonchev–Trinajstić information content (AvgIpc) is 2.64. The fraction of sp³-hybridized carbons (Fsp3) is 0.619. The summed E-state index contributed by atoms with van der Waals surface area (Å²) in [6.45, 7) is 9.89. The zero-order valence-corrected chi connectivity index (χ0v) is 18.5. The van der Waals surface area contributed by atoms with Gasteiger partial charge in [0.05, 0.1) is 10.8 Å². The van der Waals surface area contributed by atoms with Gasteiger partial charge in [-0.1, -0.05) is 13.8 Å². The highest BCUT2D eigenvalue weighted by molar-refractivity contribution is 7.85. The Morgan fingerprint density at radius 2 is 1.69 bits per heavy atom. The van der Waals surface area contributed by atoms with E-state index in [-0.39, 0.29) is 22.9 Å². The van der Waals surface area contributed by atoms with Crippen LogP contribution in [0.2, 0.25) is 0 Å². The SMILES string of the molecule is CC(C)[C@@H](C(=O)N1CCC(S(=O)c2ccc(F)cc2)CC1)N(C(=O)O)C(C)(C)C. The number of halogens is 1. The normalized spacial score (nSPS) is 17.8. The van der Waals surface area contributed by atoms with E-state index >= 15 is 0 Å². The van der Waals surface area contributed by atoms with Gasteiger partial charge in [-0.25, -0.2) is 9.18 Å². The lowest BCUT2D eigenvalue weighted by Crippen LogP contribution is -2.60. The molecule has 162 valence electrons. The van der Waals surface area contributed by atoms with Crippen LogP contribution in [0, 0.1) is 11.7 Å². The Hall–Kier alpha value is -1.96. The van der Waals surface area contributed by atoms with Crippen LogP contribution in [0.25, 0.3) is 0 Å². The third-order valence-electron chi connectivity index (χ3n) is 5.19. The van der Waals surface area contributed by atoms with Gasteiger partial charge in [0.15, 0.2) is 0 Å². The molecule has 1 N–H and O–H groups in total. The van der Waals surface area contributed by atoms with Crippen LogP contribution in [0.3, 0.4) is 0 Å². The highest BCUT2D eigenvalue weighted by atomic mass is 32.2. The lowest BCUT2D eigenvalue weighted by atomic mass is 9.94. The second kappa shape index (κ2) is 9.24. The van der Waals surface area contributed by atoms with Crippen LogP contribution in [-0.4, -0.2) is 61.0 Å². The first-order valence-electron chi connectivity index (χ1n) is 9.90. The number of carbonyl (C=O) groups is 2. The summed E-state index contributed by atoms with van der Waals surface area (Å²) in [5.74, 6) is -0.750. The number of carbonyl (C=O) groups excluding carboxylic acids is 1. The molecule has 1 saturated heterocycles. The molecule has 1 fully saturated rings. The van der Waals surface area contributed by atoms with Crippen molar-refractivity contribution >= 4 is 22.8 Å². The Kier molecular flexibility index (Phi) is 7.43. The van der Waals surface area contributed by atoms with E-state index in [0.717, 1.165) is 0 Å². The van der Waals surface area contributed by atoms with Crippen molar-refractivity contribution in [2.45, 2.75) is 69.2 Å². The van der Waals surface area contributed by atoms with Crippen LogP contribution >= 0.6 is 0 Å². The summed E-state index contributed by atoms with van der Waals surface area (Å²) >= 11 is 0. The molecule has 1 aliphatic rings. The summed E-state index contributed by atoms with van der Waals surface area (Å²) in [5, 5.41) is 9.61. The second-order valence-corrected chi connectivity index (χ2v) is 10.5. The summed E-state index contributed by atoms with van der Waals surface area (Å²) in [7, 11) is -1.27. The number of likely N-dealkylation sites (tertiary alicyclic amines) is 1. The second-order valence-electron chi connectivity index (χ2n) is 8.79. The summed E-state index contributed by atoms with van der Waals surface area (Å²) in [6.07, 6.45) is 0.00330.